The van der Waals surface area contributed by atoms with E-state index in [0.717, 1.165) is 10.5 Å². The van der Waals surface area contributed by atoms with Crippen LogP contribution in [0.2, 0.25) is 0 Å². The smallest absolute Gasteiger partial charge is 0.273 e. The maximum Gasteiger partial charge on any atom is 0.273 e. The van der Waals surface area contributed by atoms with E-state index in [1.54, 1.807) is 42.5 Å². The third-order valence-corrected chi connectivity index (χ3v) is 4.73. The minimum Gasteiger partial charge on any atom is -0.454 e. The molecule has 0 saturated carbocycles. The molecule has 2 aliphatic heterocycles. The molecule has 28 heavy (non-hydrogen) atoms. The van der Waals surface area contributed by atoms with Crippen LogP contribution in [0, 0.1) is 0 Å². The molecule has 142 valence electrons. The lowest BCUT2D eigenvalue weighted by molar-refractivity contribution is -0.137. The lowest BCUT2D eigenvalue weighted by Gasteiger charge is -2.15. The highest BCUT2D eigenvalue weighted by Crippen LogP contribution is 2.36. The lowest BCUT2D eigenvalue weighted by atomic mass is 10.1. The Morgan fingerprint density at radius 3 is 2.50 bits per heavy atom. The number of benzene rings is 2. The van der Waals surface area contributed by atoms with Crippen molar-refractivity contribution in [1.29, 1.82) is 0 Å². The number of carbonyl (C=O) groups is 3. The van der Waals surface area contributed by atoms with Gasteiger partial charge in [0.05, 0.1) is 12.1 Å². The van der Waals surface area contributed by atoms with Crippen LogP contribution in [0.4, 0.5) is 5.69 Å². The maximum atomic E-state index is 12.9. The molecule has 1 N–H and O–H groups in total. The molecule has 0 aromatic heterocycles. The molecular formula is C20H15ClN2O5. The molecule has 7 nitrogen and oxygen atoms in total. The summed E-state index contributed by atoms with van der Waals surface area (Å²) in [5.41, 5.74) is 1.95. The fraction of sp³-hybridized carbons (Fsp3) is 0.150. The second-order valence-corrected chi connectivity index (χ2v) is 6.71. The molecule has 0 atom stereocenters. The minimum atomic E-state index is -0.551. The Labute approximate surface area is 165 Å². The minimum absolute atomic E-state index is 0.0675. The van der Waals surface area contributed by atoms with Crippen LogP contribution >= 0.6 is 11.6 Å². The van der Waals surface area contributed by atoms with Crippen molar-refractivity contribution in [3.63, 3.8) is 0 Å². The lowest BCUT2D eigenvalue weighted by Crippen LogP contribution is -2.30. The SMILES string of the molecule is CC(=O)Nc1ccc(C2=C(Cl)C(=O)N(Cc3ccc4c(c3)OCO4)C2=O)cc1. The van der Waals surface area contributed by atoms with E-state index in [2.05, 4.69) is 5.32 Å². The molecule has 0 fully saturated rings. The highest BCUT2D eigenvalue weighted by molar-refractivity contribution is 6.55. The third kappa shape index (κ3) is 3.20. The predicted molar refractivity (Wildman–Crippen MR) is 102 cm³/mol. The van der Waals surface area contributed by atoms with Gasteiger partial charge in [-0.05, 0) is 35.4 Å². The van der Waals surface area contributed by atoms with E-state index in [4.69, 9.17) is 21.1 Å². The Bertz CT molecular complexity index is 1030. The van der Waals surface area contributed by atoms with E-state index in [0.29, 0.717) is 22.7 Å². The molecule has 2 heterocycles. The molecule has 2 aromatic carbocycles. The quantitative estimate of drug-likeness (QED) is 0.800. The Morgan fingerprint density at radius 2 is 1.79 bits per heavy atom. The fourth-order valence-corrected chi connectivity index (χ4v) is 3.38. The van der Waals surface area contributed by atoms with Gasteiger partial charge in [0.15, 0.2) is 11.5 Å². The average Bonchev–Trinajstić information content (AvgIpc) is 3.21. The highest BCUT2D eigenvalue weighted by atomic mass is 35.5. The first kappa shape index (κ1) is 18.1. The second-order valence-electron chi connectivity index (χ2n) is 6.33. The van der Waals surface area contributed by atoms with Gasteiger partial charge in [0, 0.05) is 12.6 Å². The Hall–Kier alpha value is -3.32. The van der Waals surface area contributed by atoms with Crippen LogP contribution in [-0.2, 0) is 20.9 Å². The van der Waals surface area contributed by atoms with Crippen LogP contribution in [0.5, 0.6) is 11.5 Å². The van der Waals surface area contributed by atoms with Gasteiger partial charge >= 0.3 is 0 Å². The number of imide groups is 1. The van der Waals surface area contributed by atoms with Crippen molar-refractivity contribution in [2.24, 2.45) is 0 Å². The molecule has 8 heteroatoms. The zero-order chi connectivity index (χ0) is 19.8. The van der Waals surface area contributed by atoms with Crippen molar-refractivity contribution < 1.29 is 23.9 Å². The van der Waals surface area contributed by atoms with Crippen molar-refractivity contribution in [1.82, 2.24) is 4.90 Å². The van der Waals surface area contributed by atoms with E-state index < -0.39 is 11.8 Å². The van der Waals surface area contributed by atoms with Crippen molar-refractivity contribution in [3.05, 3.63) is 58.6 Å². The Kier molecular flexibility index (Phi) is 4.52. The van der Waals surface area contributed by atoms with Crippen LogP contribution in [0.25, 0.3) is 5.57 Å². The van der Waals surface area contributed by atoms with E-state index in [-0.39, 0.29) is 29.9 Å². The standard InChI is InChI=1S/C20H15ClN2O5/c1-11(24)22-14-5-3-13(4-6-14)17-18(21)20(26)23(19(17)25)9-12-2-7-15-16(8-12)28-10-27-15/h2-8H,9-10H2,1H3,(H,22,24). The largest absolute Gasteiger partial charge is 0.454 e. The van der Waals surface area contributed by atoms with Crippen LogP contribution in [0.15, 0.2) is 47.5 Å². The van der Waals surface area contributed by atoms with Crippen LogP contribution < -0.4 is 14.8 Å². The van der Waals surface area contributed by atoms with Gasteiger partial charge < -0.3 is 14.8 Å². The number of amides is 3. The number of anilines is 1. The number of ether oxygens (including phenoxy) is 2. The second kappa shape index (κ2) is 7.01. The third-order valence-electron chi connectivity index (χ3n) is 4.38. The summed E-state index contributed by atoms with van der Waals surface area (Å²) in [7, 11) is 0. The number of rotatable bonds is 4. The molecule has 3 amide bonds. The van der Waals surface area contributed by atoms with Gasteiger partial charge in [-0.2, -0.15) is 0 Å². The van der Waals surface area contributed by atoms with Crippen molar-refractivity contribution in [3.8, 4) is 11.5 Å². The molecule has 0 spiro atoms. The summed E-state index contributed by atoms with van der Waals surface area (Å²) in [6.07, 6.45) is 0. The first-order valence-corrected chi connectivity index (χ1v) is 8.84. The first-order chi connectivity index (χ1) is 13.4. The summed E-state index contributed by atoms with van der Waals surface area (Å²) in [5, 5.41) is 2.52. The van der Waals surface area contributed by atoms with E-state index in [9.17, 15) is 14.4 Å². The number of halogens is 1. The number of hydrogen-bond acceptors (Lipinski definition) is 5. The van der Waals surface area contributed by atoms with E-state index in [1.807, 2.05) is 0 Å². The van der Waals surface area contributed by atoms with Crippen LogP contribution in [0.3, 0.4) is 0 Å². The summed E-state index contributed by atoms with van der Waals surface area (Å²) in [4.78, 5) is 37.6. The van der Waals surface area contributed by atoms with Crippen molar-refractivity contribution in [2.45, 2.75) is 13.5 Å². The molecular weight excluding hydrogens is 384 g/mol. The number of fused-ring (bicyclic) bond motifs is 1. The molecule has 4 rings (SSSR count). The van der Waals surface area contributed by atoms with Crippen LogP contribution in [-0.4, -0.2) is 29.4 Å². The number of nitrogens with one attached hydrogen (secondary N) is 1. The van der Waals surface area contributed by atoms with Gasteiger partial charge in [-0.1, -0.05) is 29.8 Å². The van der Waals surface area contributed by atoms with Gasteiger partial charge in [-0.15, -0.1) is 0 Å². The number of nitrogens with zero attached hydrogens (tertiary/aromatic N) is 1. The summed E-state index contributed by atoms with van der Waals surface area (Å²) >= 11 is 6.19. The predicted octanol–water partition coefficient (Wildman–Crippen LogP) is 2.89. The summed E-state index contributed by atoms with van der Waals surface area (Å²) < 4.78 is 10.6. The van der Waals surface area contributed by atoms with Gasteiger partial charge in [0.1, 0.15) is 5.03 Å². The Morgan fingerprint density at radius 1 is 1.07 bits per heavy atom. The Balaban J connectivity index is 1.56. The molecule has 2 aromatic rings. The number of hydrogen-bond donors (Lipinski definition) is 1. The number of carbonyl (C=O) groups excluding carboxylic acids is 3. The molecule has 0 unspecified atom stereocenters. The van der Waals surface area contributed by atoms with E-state index in [1.165, 1.54) is 6.92 Å². The average molecular weight is 399 g/mol. The topological polar surface area (TPSA) is 84.9 Å². The zero-order valence-corrected chi connectivity index (χ0v) is 15.6. The van der Waals surface area contributed by atoms with Crippen molar-refractivity contribution >= 4 is 40.6 Å². The van der Waals surface area contributed by atoms with Gasteiger partial charge in [-0.25, -0.2) is 0 Å². The molecule has 0 saturated heterocycles. The fourth-order valence-electron chi connectivity index (χ4n) is 3.09. The summed E-state index contributed by atoms with van der Waals surface area (Å²) in [5.74, 6) is -0.0272. The highest BCUT2D eigenvalue weighted by Gasteiger charge is 2.38. The first-order valence-electron chi connectivity index (χ1n) is 8.46. The van der Waals surface area contributed by atoms with Gasteiger partial charge in [0.2, 0.25) is 12.7 Å². The monoisotopic (exact) mass is 398 g/mol. The molecule has 0 bridgehead atoms. The van der Waals surface area contributed by atoms with Crippen LogP contribution in [0.1, 0.15) is 18.1 Å². The molecule has 2 aliphatic rings. The normalized spacial score (nSPS) is 15.4. The molecule has 0 radical (unpaired) electrons. The summed E-state index contributed by atoms with van der Waals surface area (Å²) in [6, 6.07) is 11.8. The zero-order valence-electron chi connectivity index (χ0n) is 14.8. The van der Waals surface area contributed by atoms with E-state index >= 15 is 0 Å². The van der Waals surface area contributed by atoms with Crippen molar-refractivity contribution in [2.75, 3.05) is 12.1 Å². The summed E-state index contributed by atoms with van der Waals surface area (Å²) in [6.45, 7) is 1.62. The molecule has 0 aliphatic carbocycles. The van der Waals surface area contributed by atoms with Gasteiger partial charge in [0.25, 0.3) is 11.8 Å². The van der Waals surface area contributed by atoms with Gasteiger partial charge in [-0.3, -0.25) is 19.3 Å². The maximum absolute atomic E-state index is 12.9.